The summed E-state index contributed by atoms with van der Waals surface area (Å²) in [4.78, 5) is 11.7. The van der Waals surface area contributed by atoms with E-state index in [1.165, 1.54) is 0 Å². The lowest BCUT2D eigenvalue weighted by Crippen LogP contribution is -2.43. The van der Waals surface area contributed by atoms with Crippen LogP contribution < -0.4 is 5.32 Å². The van der Waals surface area contributed by atoms with Crippen LogP contribution in [0.1, 0.15) is 41.0 Å². The van der Waals surface area contributed by atoms with E-state index < -0.39 is 11.7 Å². The number of carbonyl (C=O) groups excluding carboxylic acids is 1. The zero-order valence-electron chi connectivity index (χ0n) is 11.9. The number of amides is 1. The largest absolute Gasteiger partial charge is 0.444 e. The number of aliphatic hydroxyl groups excluding tert-OH is 1. The number of carbonyl (C=O) groups is 1. The van der Waals surface area contributed by atoms with Gasteiger partial charge in [-0.15, -0.1) is 0 Å². The number of ether oxygens (including phenoxy) is 2. The molecule has 5 nitrogen and oxygen atoms in total. The second-order valence-corrected chi connectivity index (χ2v) is 6.20. The van der Waals surface area contributed by atoms with Gasteiger partial charge in [0.05, 0.1) is 12.6 Å². The number of hydrogen-bond acceptors (Lipinski definition) is 4. The van der Waals surface area contributed by atoms with Crippen molar-refractivity contribution in [2.24, 2.45) is 5.92 Å². The topological polar surface area (TPSA) is 71.1 Å². The molecule has 3 atom stereocenters. The van der Waals surface area contributed by atoms with Crippen LogP contribution in [-0.4, -0.2) is 41.7 Å². The van der Waals surface area contributed by atoms with Gasteiger partial charge in [-0.2, -0.15) is 0 Å². The van der Waals surface area contributed by atoms with Gasteiger partial charge in [-0.1, -0.05) is 13.8 Å². The summed E-state index contributed by atoms with van der Waals surface area (Å²) >= 11 is 0. The first kappa shape index (κ1) is 15.2. The highest BCUT2D eigenvalue weighted by molar-refractivity contribution is 5.68. The highest BCUT2D eigenvalue weighted by Crippen LogP contribution is 2.28. The Hall–Kier alpha value is -0.810. The third-order valence-corrected chi connectivity index (χ3v) is 2.63. The molecule has 1 aliphatic heterocycles. The summed E-state index contributed by atoms with van der Waals surface area (Å²) < 4.78 is 10.6. The number of aliphatic hydroxyl groups is 1. The summed E-state index contributed by atoms with van der Waals surface area (Å²) in [6.07, 6.45) is 0.134. The van der Waals surface area contributed by atoms with Crippen LogP contribution in [0.15, 0.2) is 0 Å². The Labute approximate surface area is 109 Å². The highest BCUT2D eigenvalue weighted by atomic mass is 16.6. The maximum absolute atomic E-state index is 11.7. The molecule has 0 bridgehead atoms. The van der Waals surface area contributed by atoms with Crippen molar-refractivity contribution < 1.29 is 19.4 Å². The van der Waals surface area contributed by atoms with Gasteiger partial charge in [0.1, 0.15) is 17.8 Å². The summed E-state index contributed by atoms with van der Waals surface area (Å²) in [6.45, 7) is 9.64. The third kappa shape index (κ3) is 5.23. The minimum absolute atomic E-state index is 0.00470. The van der Waals surface area contributed by atoms with Crippen molar-refractivity contribution in [2.75, 3.05) is 6.61 Å². The molecule has 5 heteroatoms. The minimum atomic E-state index is -0.507. The zero-order chi connectivity index (χ0) is 13.9. The molecule has 1 heterocycles. The van der Waals surface area contributed by atoms with Crippen molar-refractivity contribution in [3.63, 3.8) is 0 Å². The molecule has 1 aliphatic rings. The van der Waals surface area contributed by atoms with Crippen LogP contribution in [0.4, 0.5) is 4.79 Å². The molecule has 0 aromatic heterocycles. The molecule has 106 valence electrons. The van der Waals surface area contributed by atoms with Gasteiger partial charge < -0.3 is 19.9 Å². The van der Waals surface area contributed by atoms with E-state index in [1.54, 1.807) is 0 Å². The monoisotopic (exact) mass is 259 g/mol. The Morgan fingerprint density at radius 2 is 2.06 bits per heavy atom. The summed E-state index contributed by atoms with van der Waals surface area (Å²) in [7, 11) is 0. The van der Waals surface area contributed by atoms with Crippen LogP contribution in [-0.2, 0) is 9.47 Å². The van der Waals surface area contributed by atoms with E-state index in [-0.39, 0.29) is 24.9 Å². The van der Waals surface area contributed by atoms with Gasteiger partial charge in [-0.25, -0.2) is 4.79 Å². The normalized spacial score (nSPS) is 24.8. The molecule has 1 amide bonds. The Balaban J connectivity index is 2.49. The van der Waals surface area contributed by atoms with E-state index >= 15 is 0 Å². The van der Waals surface area contributed by atoms with Crippen molar-refractivity contribution in [3.8, 4) is 0 Å². The van der Waals surface area contributed by atoms with Crippen molar-refractivity contribution >= 4 is 6.09 Å². The number of rotatable bonds is 5. The fraction of sp³-hybridized carbons (Fsp3) is 0.923. The molecular weight excluding hydrogens is 234 g/mol. The minimum Gasteiger partial charge on any atom is -0.444 e. The van der Waals surface area contributed by atoms with E-state index in [0.717, 1.165) is 6.42 Å². The van der Waals surface area contributed by atoms with Gasteiger partial charge in [0.25, 0.3) is 0 Å². The quantitative estimate of drug-likeness (QED) is 0.737. The average molecular weight is 259 g/mol. The standard InChI is InChI=1S/C13H25NO4/c1-8(2)6-9(11-10(7-15)17-11)14-12(16)18-13(3,4)5/h8-11,15H,6-7H2,1-5H3,(H,14,16)/t9-,10+,11-/m0/s1. The number of alkyl carbamates (subject to hydrolysis) is 1. The lowest BCUT2D eigenvalue weighted by atomic mass is 10.00. The van der Waals surface area contributed by atoms with Crippen LogP contribution in [0, 0.1) is 5.92 Å². The Kier molecular flexibility index (Phi) is 4.99. The van der Waals surface area contributed by atoms with Gasteiger partial charge in [0.15, 0.2) is 0 Å². The fourth-order valence-corrected chi connectivity index (χ4v) is 1.90. The van der Waals surface area contributed by atoms with E-state index in [1.807, 2.05) is 20.8 Å². The lowest BCUT2D eigenvalue weighted by Gasteiger charge is -2.23. The highest BCUT2D eigenvalue weighted by Gasteiger charge is 2.45. The van der Waals surface area contributed by atoms with Crippen molar-refractivity contribution in [1.82, 2.24) is 5.32 Å². The molecule has 1 fully saturated rings. The predicted molar refractivity (Wildman–Crippen MR) is 68.4 cm³/mol. The Morgan fingerprint density at radius 3 is 2.44 bits per heavy atom. The fourth-order valence-electron chi connectivity index (χ4n) is 1.90. The molecular formula is C13H25NO4. The first-order valence-electron chi connectivity index (χ1n) is 6.48. The first-order valence-corrected chi connectivity index (χ1v) is 6.48. The number of epoxide rings is 1. The molecule has 18 heavy (non-hydrogen) atoms. The summed E-state index contributed by atoms with van der Waals surface area (Å²) in [6, 6.07) is -0.100. The maximum atomic E-state index is 11.7. The molecule has 0 aromatic rings. The molecule has 0 saturated carbocycles. The smallest absolute Gasteiger partial charge is 0.407 e. The molecule has 1 saturated heterocycles. The molecule has 1 rings (SSSR count). The Morgan fingerprint density at radius 1 is 1.44 bits per heavy atom. The molecule has 0 radical (unpaired) electrons. The summed E-state index contributed by atoms with van der Waals surface area (Å²) in [5.41, 5.74) is -0.507. The van der Waals surface area contributed by atoms with Crippen molar-refractivity contribution in [1.29, 1.82) is 0 Å². The van der Waals surface area contributed by atoms with Gasteiger partial charge in [-0.05, 0) is 33.1 Å². The van der Waals surface area contributed by atoms with E-state index in [4.69, 9.17) is 14.6 Å². The third-order valence-electron chi connectivity index (χ3n) is 2.63. The molecule has 2 N–H and O–H groups in total. The van der Waals surface area contributed by atoms with Crippen molar-refractivity contribution in [3.05, 3.63) is 0 Å². The number of hydrogen-bond donors (Lipinski definition) is 2. The van der Waals surface area contributed by atoms with Crippen LogP contribution >= 0.6 is 0 Å². The van der Waals surface area contributed by atoms with E-state index in [2.05, 4.69) is 19.2 Å². The second kappa shape index (κ2) is 5.89. The van der Waals surface area contributed by atoms with E-state index in [9.17, 15) is 4.79 Å². The van der Waals surface area contributed by atoms with Crippen LogP contribution in [0.25, 0.3) is 0 Å². The molecule has 0 spiro atoms. The van der Waals surface area contributed by atoms with Gasteiger partial charge in [0, 0.05) is 0 Å². The first-order chi connectivity index (χ1) is 8.23. The zero-order valence-corrected chi connectivity index (χ0v) is 11.9. The lowest BCUT2D eigenvalue weighted by molar-refractivity contribution is 0.0488. The summed E-state index contributed by atoms with van der Waals surface area (Å²) in [5, 5.41) is 11.8. The molecule has 0 aliphatic carbocycles. The Bertz CT molecular complexity index is 285. The van der Waals surface area contributed by atoms with Crippen LogP contribution in [0.2, 0.25) is 0 Å². The van der Waals surface area contributed by atoms with Crippen LogP contribution in [0.3, 0.4) is 0 Å². The van der Waals surface area contributed by atoms with Crippen LogP contribution in [0.5, 0.6) is 0 Å². The average Bonchev–Trinajstić information content (AvgIpc) is 2.91. The number of nitrogens with one attached hydrogen (secondary N) is 1. The molecule has 0 aromatic carbocycles. The van der Waals surface area contributed by atoms with Gasteiger partial charge in [-0.3, -0.25) is 0 Å². The molecule has 0 unspecified atom stereocenters. The maximum Gasteiger partial charge on any atom is 0.407 e. The summed E-state index contributed by atoms with van der Waals surface area (Å²) in [5.74, 6) is 0.438. The van der Waals surface area contributed by atoms with E-state index in [0.29, 0.717) is 5.92 Å². The SMILES string of the molecule is CC(C)C[C@H](NC(=O)OC(C)(C)C)[C@@H]1O[C@@H]1CO. The van der Waals surface area contributed by atoms with Crippen molar-refractivity contribution in [2.45, 2.75) is 64.9 Å². The second-order valence-electron chi connectivity index (χ2n) is 6.20. The van der Waals surface area contributed by atoms with Gasteiger partial charge in [0.2, 0.25) is 0 Å². The predicted octanol–water partition coefficient (Wildman–Crippen LogP) is 1.69. The van der Waals surface area contributed by atoms with Gasteiger partial charge >= 0.3 is 6.09 Å².